The second kappa shape index (κ2) is 8.24. The van der Waals surface area contributed by atoms with E-state index in [1.807, 2.05) is 0 Å². The van der Waals surface area contributed by atoms with Crippen molar-refractivity contribution < 1.29 is 28.6 Å². The van der Waals surface area contributed by atoms with Gasteiger partial charge in [-0.05, 0) is 42.4 Å². The number of carboxylic acid groups (broad SMARTS) is 1. The number of rotatable bonds is 7. The second-order valence-corrected chi connectivity index (χ2v) is 6.76. The number of hydrogen-bond acceptors (Lipinski definition) is 6. The lowest BCUT2D eigenvalue weighted by atomic mass is 10.1. The van der Waals surface area contributed by atoms with Crippen LogP contribution in [-0.2, 0) is 9.53 Å². The number of carbonyl (C=O) groups excluding carboxylic acids is 2. The summed E-state index contributed by atoms with van der Waals surface area (Å²) in [5, 5.41) is 8.63. The molecule has 2 amide bonds. The lowest BCUT2D eigenvalue weighted by Crippen LogP contribution is -2.29. The summed E-state index contributed by atoms with van der Waals surface area (Å²) >= 11 is 0.877. The lowest BCUT2D eigenvalue weighted by Gasteiger charge is -2.11. The average Bonchev–Trinajstić information content (AvgIpc) is 3.22. The molecule has 27 heavy (non-hydrogen) atoms. The summed E-state index contributed by atoms with van der Waals surface area (Å²) < 4.78 is 10.7. The maximum absolute atomic E-state index is 12.4. The molecule has 1 aliphatic heterocycles. The van der Waals surface area contributed by atoms with Crippen LogP contribution in [-0.4, -0.2) is 47.4 Å². The maximum Gasteiger partial charge on any atom is 0.335 e. The second-order valence-electron chi connectivity index (χ2n) is 5.76. The van der Waals surface area contributed by atoms with Gasteiger partial charge in [0.1, 0.15) is 11.5 Å². The number of benzene rings is 1. The molecule has 0 saturated carbocycles. The minimum absolute atomic E-state index is 0.188. The van der Waals surface area contributed by atoms with Gasteiger partial charge in [0.15, 0.2) is 0 Å². The van der Waals surface area contributed by atoms with E-state index in [-0.39, 0.29) is 16.7 Å². The van der Waals surface area contributed by atoms with E-state index in [2.05, 4.69) is 0 Å². The van der Waals surface area contributed by atoms with E-state index in [9.17, 15) is 14.4 Å². The van der Waals surface area contributed by atoms with Crippen molar-refractivity contribution in [3.05, 3.63) is 52.6 Å². The van der Waals surface area contributed by atoms with Gasteiger partial charge < -0.3 is 14.3 Å². The Labute approximate surface area is 159 Å². The first-order valence-electron chi connectivity index (χ1n) is 8.17. The normalized spacial score (nSPS) is 15.7. The maximum atomic E-state index is 12.4. The van der Waals surface area contributed by atoms with Gasteiger partial charge in [-0.15, -0.1) is 0 Å². The van der Waals surface area contributed by atoms with Crippen molar-refractivity contribution in [1.29, 1.82) is 0 Å². The van der Waals surface area contributed by atoms with Crippen molar-refractivity contribution in [3.8, 4) is 11.3 Å². The van der Waals surface area contributed by atoms with Gasteiger partial charge in [-0.1, -0.05) is 12.1 Å². The molecular formula is C19H17NO6S. The number of nitrogens with zero attached hydrogens (tertiary/aromatic N) is 1. The minimum atomic E-state index is -0.997. The Balaban J connectivity index is 1.74. The number of hydrogen-bond donors (Lipinski definition) is 1. The highest BCUT2D eigenvalue weighted by Crippen LogP contribution is 2.33. The van der Waals surface area contributed by atoms with E-state index in [1.54, 1.807) is 31.4 Å². The predicted molar refractivity (Wildman–Crippen MR) is 100 cm³/mol. The molecule has 0 unspecified atom stereocenters. The number of aromatic carboxylic acids is 1. The molecule has 1 aromatic heterocycles. The molecule has 1 N–H and O–H groups in total. The standard InChI is InChI=1S/C19H17NO6S/c1-25-10-2-9-20-17(21)16(27-19(20)24)11-14-7-8-15(26-14)12-3-5-13(6-4-12)18(22)23/h3-8,11H,2,9-10H2,1H3,(H,22,23)/b16-11+. The highest BCUT2D eigenvalue weighted by molar-refractivity contribution is 8.18. The quantitative estimate of drug-likeness (QED) is 0.571. The summed E-state index contributed by atoms with van der Waals surface area (Å²) in [6, 6.07) is 9.70. The van der Waals surface area contributed by atoms with Crippen molar-refractivity contribution >= 4 is 35.0 Å². The number of ether oxygens (including phenoxy) is 1. The molecule has 0 bridgehead atoms. The van der Waals surface area contributed by atoms with E-state index >= 15 is 0 Å². The first-order chi connectivity index (χ1) is 13.0. The van der Waals surface area contributed by atoms with Crippen LogP contribution >= 0.6 is 11.8 Å². The molecule has 0 atom stereocenters. The van der Waals surface area contributed by atoms with Gasteiger partial charge in [0.05, 0.1) is 10.5 Å². The number of carboxylic acids is 1. The van der Waals surface area contributed by atoms with Crippen molar-refractivity contribution in [3.63, 3.8) is 0 Å². The van der Waals surface area contributed by atoms with Crippen LogP contribution in [0.5, 0.6) is 0 Å². The summed E-state index contributed by atoms with van der Waals surface area (Å²) in [5.74, 6) is -0.361. The van der Waals surface area contributed by atoms with Gasteiger partial charge in [-0.2, -0.15) is 0 Å². The third kappa shape index (κ3) is 4.29. The monoisotopic (exact) mass is 387 g/mol. The number of carbonyl (C=O) groups is 3. The molecule has 0 aliphatic carbocycles. The summed E-state index contributed by atoms with van der Waals surface area (Å²) in [6.45, 7) is 0.790. The highest BCUT2D eigenvalue weighted by atomic mass is 32.2. The van der Waals surface area contributed by atoms with Crippen LogP contribution in [0.4, 0.5) is 4.79 Å². The number of amides is 2. The zero-order chi connectivity index (χ0) is 19.4. The Bertz CT molecular complexity index is 899. The third-order valence-electron chi connectivity index (χ3n) is 3.92. The Hall–Kier alpha value is -2.84. The molecule has 2 aromatic rings. The Morgan fingerprint density at radius 1 is 1.22 bits per heavy atom. The van der Waals surface area contributed by atoms with E-state index in [0.29, 0.717) is 41.6 Å². The molecule has 0 spiro atoms. The highest BCUT2D eigenvalue weighted by Gasteiger charge is 2.34. The molecule has 140 valence electrons. The SMILES string of the molecule is COCCCN1C(=O)S/C(=C/c2ccc(-c3ccc(C(=O)O)cc3)o2)C1=O. The molecule has 0 radical (unpaired) electrons. The molecule has 2 heterocycles. The molecule has 1 saturated heterocycles. The molecule has 7 nitrogen and oxygen atoms in total. The number of thioether (sulfide) groups is 1. The average molecular weight is 387 g/mol. The van der Waals surface area contributed by atoms with Crippen LogP contribution in [0.25, 0.3) is 17.4 Å². The zero-order valence-electron chi connectivity index (χ0n) is 14.5. The predicted octanol–water partition coefficient (Wildman–Crippen LogP) is 3.72. The third-order valence-corrected chi connectivity index (χ3v) is 4.83. The Morgan fingerprint density at radius 2 is 1.96 bits per heavy atom. The summed E-state index contributed by atoms with van der Waals surface area (Å²) in [7, 11) is 1.57. The number of methoxy groups -OCH3 is 1. The van der Waals surface area contributed by atoms with Crippen molar-refractivity contribution in [2.45, 2.75) is 6.42 Å². The fraction of sp³-hybridized carbons (Fsp3) is 0.211. The van der Waals surface area contributed by atoms with Gasteiger partial charge in [0, 0.05) is 31.9 Å². The number of furan rings is 1. The molecule has 3 rings (SSSR count). The summed E-state index contributed by atoms with van der Waals surface area (Å²) in [6.07, 6.45) is 2.12. The number of imide groups is 1. The van der Waals surface area contributed by atoms with Crippen LogP contribution in [0, 0.1) is 0 Å². The smallest absolute Gasteiger partial charge is 0.335 e. The van der Waals surface area contributed by atoms with Crippen molar-refractivity contribution in [2.24, 2.45) is 0 Å². The van der Waals surface area contributed by atoms with Gasteiger partial charge in [-0.3, -0.25) is 14.5 Å². The molecule has 1 fully saturated rings. The van der Waals surface area contributed by atoms with Crippen molar-refractivity contribution in [2.75, 3.05) is 20.3 Å². The summed E-state index contributed by atoms with van der Waals surface area (Å²) in [5.41, 5.74) is 0.903. The van der Waals surface area contributed by atoms with Crippen LogP contribution in [0.3, 0.4) is 0 Å². The minimum Gasteiger partial charge on any atom is -0.478 e. The molecule has 8 heteroatoms. The van der Waals surface area contributed by atoms with Gasteiger partial charge in [-0.25, -0.2) is 4.79 Å². The first kappa shape index (κ1) is 18.9. The van der Waals surface area contributed by atoms with Gasteiger partial charge >= 0.3 is 5.97 Å². The summed E-state index contributed by atoms with van der Waals surface area (Å²) in [4.78, 5) is 36.8. The molecular weight excluding hydrogens is 370 g/mol. The van der Waals surface area contributed by atoms with Crippen LogP contribution < -0.4 is 0 Å². The molecule has 1 aliphatic rings. The van der Waals surface area contributed by atoms with E-state index in [0.717, 1.165) is 11.8 Å². The van der Waals surface area contributed by atoms with Crippen LogP contribution in [0.1, 0.15) is 22.5 Å². The van der Waals surface area contributed by atoms with Gasteiger partial charge in [0.25, 0.3) is 11.1 Å². The fourth-order valence-corrected chi connectivity index (χ4v) is 3.40. The van der Waals surface area contributed by atoms with Crippen LogP contribution in [0.2, 0.25) is 0 Å². The Kier molecular flexibility index (Phi) is 5.78. The first-order valence-corrected chi connectivity index (χ1v) is 8.99. The molecule has 1 aromatic carbocycles. The Morgan fingerprint density at radius 3 is 2.63 bits per heavy atom. The van der Waals surface area contributed by atoms with E-state index in [4.69, 9.17) is 14.3 Å². The lowest BCUT2D eigenvalue weighted by molar-refractivity contribution is -0.122. The van der Waals surface area contributed by atoms with Crippen LogP contribution in [0.15, 0.2) is 45.7 Å². The topological polar surface area (TPSA) is 97.1 Å². The van der Waals surface area contributed by atoms with Gasteiger partial charge in [0.2, 0.25) is 0 Å². The van der Waals surface area contributed by atoms with E-state index < -0.39 is 5.97 Å². The fourth-order valence-electron chi connectivity index (χ4n) is 2.55. The zero-order valence-corrected chi connectivity index (χ0v) is 15.3. The van der Waals surface area contributed by atoms with E-state index in [1.165, 1.54) is 23.1 Å². The van der Waals surface area contributed by atoms with Crippen molar-refractivity contribution in [1.82, 2.24) is 4.90 Å². The largest absolute Gasteiger partial charge is 0.478 e.